The summed E-state index contributed by atoms with van der Waals surface area (Å²) >= 11 is 0. The van der Waals surface area contributed by atoms with Gasteiger partial charge in [-0.2, -0.15) is 0 Å². The summed E-state index contributed by atoms with van der Waals surface area (Å²) in [4.78, 5) is 0. The molecular weight excluding hydrogens is 170 g/mol. The predicted octanol–water partition coefficient (Wildman–Crippen LogP) is 3.34. The van der Waals surface area contributed by atoms with Gasteiger partial charge in [-0.15, -0.1) is 0 Å². The molecule has 0 saturated heterocycles. The van der Waals surface area contributed by atoms with E-state index in [1.165, 1.54) is 57.9 Å². The van der Waals surface area contributed by atoms with Gasteiger partial charge in [0.2, 0.25) is 0 Å². The lowest BCUT2D eigenvalue weighted by atomic mass is 9.91. The van der Waals surface area contributed by atoms with Crippen LogP contribution >= 0.6 is 0 Å². The second-order valence-electron chi connectivity index (χ2n) is 5.34. The first-order valence-electron chi connectivity index (χ1n) is 6.62. The normalized spacial score (nSPS) is 25.5. The van der Waals surface area contributed by atoms with Crippen LogP contribution in [-0.2, 0) is 0 Å². The van der Waals surface area contributed by atoms with Crippen LogP contribution in [0.15, 0.2) is 0 Å². The average molecular weight is 195 g/mol. The van der Waals surface area contributed by atoms with Crippen LogP contribution in [-0.4, -0.2) is 12.6 Å². The summed E-state index contributed by atoms with van der Waals surface area (Å²) in [6.45, 7) is 3.64. The quantitative estimate of drug-likeness (QED) is 0.685. The number of rotatable bonds is 6. The molecule has 1 unspecified atom stereocenters. The zero-order chi connectivity index (χ0) is 9.80. The van der Waals surface area contributed by atoms with Crippen molar-refractivity contribution in [1.29, 1.82) is 0 Å². The molecule has 1 N–H and O–H groups in total. The third-order valence-electron chi connectivity index (χ3n) is 3.99. The topological polar surface area (TPSA) is 12.0 Å². The maximum absolute atomic E-state index is 3.68. The summed E-state index contributed by atoms with van der Waals surface area (Å²) in [5.74, 6) is 2.03. The van der Waals surface area contributed by atoms with E-state index in [0.717, 1.165) is 17.9 Å². The smallest absolute Gasteiger partial charge is 0.00683 e. The van der Waals surface area contributed by atoms with E-state index < -0.39 is 0 Å². The molecule has 1 heteroatoms. The van der Waals surface area contributed by atoms with Gasteiger partial charge in [0.25, 0.3) is 0 Å². The van der Waals surface area contributed by atoms with Gasteiger partial charge in [-0.25, -0.2) is 0 Å². The zero-order valence-electron chi connectivity index (χ0n) is 9.60. The Morgan fingerprint density at radius 1 is 1.14 bits per heavy atom. The van der Waals surface area contributed by atoms with E-state index in [0.29, 0.717) is 0 Å². The van der Waals surface area contributed by atoms with Crippen molar-refractivity contribution in [2.24, 2.45) is 11.8 Å². The second kappa shape index (κ2) is 5.16. The van der Waals surface area contributed by atoms with E-state index in [1.807, 2.05) is 0 Å². The summed E-state index contributed by atoms with van der Waals surface area (Å²) in [6.07, 6.45) is 11.8. The van der Waals surface area contributed by atoms with Crippen LogP contribution in [0.25, 0.3) is 0 Å². The lowest BCUT2D eigenvalue weighted by molar-refractivity contribution is 0.350. The summed E-state index contributed by atoms with van der Waals surface area (Å²) < 4.78 is 0. The van der Waals surface area contributed by atoms with Crippen LogP contribution in [0.2, 0.25) is 0 Å². The Hall–Kier alpha value is -0.0400. The molecule has 2 aliphatic carbocycles. The Labute approximate surface area is 88.7 Å². The highest BCUT2D eigenvalue weighted by Crippen LogP contribution is 2.31. The van der Waals surface area contributed by atoms with Crippen LogP contribution < -0.4 is 5.32 Å². The van der Waals surface area contributed by atoms with Gasteiger partial charge in [0.05, 0.1) is 0 Å². The minimum atomic E-state index is 0.896. The number of hydrogen-bond donors (Lipinski definition) is 1. The van der Waals surface area contributed by atoms with Gasteiger partial charge in [0.15, 0.2) is 0 Å². The van der Waals surface area contributed by atoms with Crippen molar-refractivity contribution in [2.45, 2.75) is 64.3 Å². The van der Waals surface area contributed by atoms with Crippen molar-refractivity contribution >= 4 is 0 Å². The molecule has 0 bridgehead atoms. The summed E-state index contributed by atoms with van der Waals surface area (Å²) in [6, 6.07) is 0.896. The molecule has 2 rings (SSSR count). The number of nitrogens with one attached hydrogen (secondary N) is 1. The zero-order valence-corrected chi connectivity index (χ0v) is 9.60. The van der Waals surface area contributed by atoms with E-state index in [1.54, 1.807) is 0 Å². The van der Waals surface area contributed by atoms with Gasteiger partial charge in [-0.1, -0.05) is 39.0 Å². The maximum Gasteiger partial charge on any atom is 0.00683 e. The molecule has 2 fully saturated rings. The van der Waals surface area contributed by atoms with E-state index in [-0.39, 0.29) is 0 Å². The second-order valence-corrected chi connectivity index (χ2v) is 5.34. The Kier molecular flexibility index (Phi) is 3.86. The van der Waals surface area contributed by atoms with Gasteiger partial charge in [0.1, 0.15) is 0 Å². The lowest BCUT2D eigenvalue weighted by Gasteiger charge is -2.19. The van der Waals surface area contributed by atoms with Crippen LogP contribution in [0.5, 0.6) is 0 Å². The minimum absolute atomic E-state index is 0.896. The largest absolute Gasteiger partial charge is 0.314 e. The molecule has 2 saturated carbocycles. The van der Waals surface area contributed by atoms with Crippen LogP contribution in [0.3, 0.4) is 0 Å². The van der Waals surface area contributed by atoms with Crippen molar-refractivity contribution in [3.63, 3.8) is 0 Å². The molecule has 2 aliphatic rings. The van der Waals surface area contributed by atoms with Crippen molar-refractivity contribution in [1.82, 2.24) is 5.32 Å². The van der Waals surface area contributed by atoms with Crippen LogP contribution in [0.1, 0.15) is 58.3 Å². The fraction of sp³-hybridized carbons (Fsp3) is 1.00. The molecule has 0 aromatic heterocycles. The Balaban J connectivity index is 1.62. The molecule has 0 spiro atoms. The summed E-state index contributed by atoms with van der Waals surface area (Å²) in [5, 5.41) is 3.68. The lowest BCUT2D eigenvalue weighted by Crippen LogP contribution is -2.25. The van der Waals surface area contributed by atoms with Crippen molar-refractivity contribution in [3.05, 3.63) is 0 Å². The van der Waals surface area contributed by atoms with Crippen LogP contribution in [0.4, 0.5) is 0 Å². The summed E-state index contributed by atoms with van der Waals surface area (Å²) in [5.41, 5.74) is 0. The highest BCUT2D eigenvalue weighted by molar-refractivity contribution is 4.82. The highest BCUT2D eigenvalue weighted by Gasteiger charge is 2.23. The monoisotopic (exact) mass is 195 g/mol. The Bertz CT molecular complexity index is 157. The molecular formula is C13H25N. The van der Waals surface area contributed by atoms with E-state index in [9.17, 15) is 0 Å². The van der Waals surface area contributed by atoms with E-state index >= 15 is 0 Å². The van der Waals surface area contributed by atoms with Gasteiger partial charge >= 0.3 is 0 Å². The van der Waals surface area contributed by atoms with Crippen molar-refractivity contribution < 1.29 is 0 Å². The molecule has 0 aromatic carbocycles. The Morgan fingerprint density at radius 3 is 2.43 bits per heavy atom. The first-order valence-corrected chi connectivity index (χ1v) is 6.62. The third-order valence-corrected chi connectivity index (χ3v) is 3.99. The fourth-order valence-corrected chi connectivity index (χ4v) is 2.73. The minimum Gasteiger partial charge on any atom is -0.314 e. The molecule has 1 atom stereocenters. The van der Waals surface area contributed by atoms with Crippen molar-refractivity contribution in [2.75, 3.05) is 6.54 Å². The van der Waals surface area contributed by atoms with Gasteiger partial charge in [-0.3, -0.25) is 0 Å². The molecule has 0 radical (unpaired) electrons. The molecule has 0 amide bonds. The van der Waals surface area contributed by atoms with Crippen LogP contribution in [0, 0.1) is 11.8 Å². The van der Waals surface area contributed by atoms with Gasteiger partial charge in [-0.05, 0) is 37.6 Å². The van der Waals surface area contributed by atoms with Gasteiger partial charge in [0, 0.05) is 6.04 Å². The van der Waals surface area contributed by atoms with E-state index in [4.69, 9.17) is 0 Å². The van der Waals surface area contributed by atoms with Gasteiger partial charge < -0.3 is 5.32 Å². The number of hydrogen-bond acceptors (Lipinski definition) is 1. The molecule has 82 valence electrons. The molecule has 0 aromatic rings. The molecule has 0 aliphatic heterocycles. The molecule has 0 heterocycles. The first kappa shape index (κ1) is 10.5. The predicted molar refractivity (Wildman–Crippen MR) is 61.4 cm³/mol. The maximum atomic E-state index is 3.68. The molecule has 14 heavy (non-hydrogen) atoms. The molecule has 1 nitrogen and oxygen atoms in total. The average Bonchev–Trinajstić information content (AvgIpc) is 2.90. The third kappa shape index (κ3) is 3.27. The SMILES string of the molecule is CCC(CNC1CC1)CC1CCCC1. The Morgan fingerprint density at radius 2 is 1.86 bits per heavy atom. The van der Waals surface area contributed by atoms with Crippen molar-refractivity contribution in [3.8, 4) is 0 Å². The fourth-order valence-electron chi connectivity index (χ4n) is 2.73. The highest BCUT2D eigenvalue weighted by atomic mass is 14.9. The first-order chi connectivity index (χ1) is 6.88. The summed E-state index contributed by atoms with van der Waals surface area (Å²) in [7, 11) is 0. The standard InChI is InChI=1S/C13H25N/c1-2-11(10-14-13-7-8-13)9-12-5-3-4-6-12/h11-14H,2-10H2,1H3. The van der Waals surface area contributed by atoms with E-state index in [2.05, 4.69) is 12.2 Å².